The third-order valence-corrected chi connectivity index (χ3v) is 11.5. The van der Waals surface area contributed by atoms with Gasteiger partial charge in [-0.15, -0.1) is 0 Å². The summed E-state index contributed by atoms with van der Waals surface area (Å²) in [4.78, 5) is 32.6. The summed E-state index contributed by atoms with van der Waals surface area (Å²) < 4.78 is 7.32. The van der Waals surface area contributed by atoms with Crippen molar-refractivity contribution < 1.29 is 19.4 Å². The van der Waals surface area contributed by atoms with E-state index in [0.717, 1.165) is 81.3 Å². The minimum absolute atomic E-state index is 0.0213. The first-order valence-electron chi connectivity index (χ1n) is 18.4. The van der Waals surface area contributed by atoms with Crippen molar-refractivity contribution in [2.24, 2.45) is 17.8 Å². The highest BCUT2D eigenvalue weighted by molar-refractivity contribution is 5.95. The summed E-state index contributed by atoms with van der Waals surface area (Å²) in [5.74, 6) is 1.73. The molecule has 1 saturated heterocycles. The molecule has 10 heteroatoms. The van der Waals surface area contributed by atoms with Crippen LogP contribution in [0.1, 0.15) is 88.3 Å². The Labute approximate surface area is 296 Å². The van der Waals surface area contributed by atoms with E-state index in [1.807, 2.05) is 29.1 Å². The maximum atomic E-state index is 14.6. The molecule has 266 valence electrons. The van der Waals surface area contributed by atoms with E-state index in [0.29, 0.717) is 36.2 Å². The standard InChI is InChI=1S/C40H52N6O4/c1-27(2)46-25-35(23-42-46)32-6-5-7-36(21-32)45(24-28-8-10-29(11-9-28)33-16-17-38(50-4)34(20-33)22-41)39(47)31-14-12-30(13-15-31)37-26-43(3)18-19-44(37)40(48)49/h5-7,16-17,20-21,23,25,27-31,37H,8-15,18-19,24,26H2,1-4H3,(H,48,49). The lowest BCUT2D eigenvalue weighted by atomic mass is 9.76. The molecule has 50 heavy (non-hydrogen) atoms. The van der Waals surface area contributed by atoms with Gasteiger partial charge in [0.15, 0.2) is 0 Å². The number of nitriles is 1. The number of ether oxygens (including phenoxy) is 1. The van der Waals surface area contributed by atoms with Crippen LogP contribution in [0.3, 0.4) is 0 Å². The van der Waals surface area contributed by atoms with Gasteiger partial charge in [0.1, 0.15) is 11.8 Å². The van der Waals surface area contributed by atoms with Crippen LogP contribution in [0.25, 0.3) is 11.1 Å². The van der Waals surface area contributed by atoms with Crippen LogP contribution >= 0.6 is 0 Å². The van der Waals surface area contributed by atoms with Gasteiger partial charge in [-0.05, 0) is 125 Å². The number of likely N-dealkylation sites (N-methyl/N-ethyl adjacent to an activating group) is 1. The number of nitrogens with zero attached hydrogens (tertiary/aromatic N) is 6. The van der Waals surface area contributed by atoms with Crippen LogP contribution in [0.5, 0.6) is 5.75 Å². The van der Waals surface area contributed by atoms with Gasteiger partial charge in [-0.2, -0.15) is 10.4 Å². The number of anilines is 1. The molecule has 1 aromatic heterocycles. The van der Waals surface area contributed by atoms with Crippen LogP contribution < -0.4 is 9.64 Å². The average Bonchev–Trinajstić information content (AvgIpc) is 3.65. The molecule has 6 rings (SSSR count). The Bertz CT molecular complexity index is 1680. The molecule has 2 aliphatic carbocycles. The second-order valence-corrected chi connectivity index (χ2v) is 15.0. The molecule has 1 atom stereocenters. The average molecular weight is 681 g/mol. The molecule has 0 bridgehead atoms. The third kappa shape index (κ3) is 7.83. The summed E-state index contributed by atoms with van der Waals surface area (Å²) in [5, 5.41) is 24.1. The number of aromatic nitrogens is 2. The monoisotopic (exact) mass is 680 g/mol. The maximum absolute atomic E-state index is 14.6. The number of amides is 2. The topological polar surface area (TPSA) is 115 Å². The van der Waals surface area contributed by atoms with E-state index in [9.17, 15) is 20.0 Å². The van der Waals surface area contributed by atoms with Crippen LogP contribution in [0, 0.1) is 29.1 Å². The number of carbonyl (C=O) groups is 2. The molecule has 0 spiro atoms. The van der Waals surface area contributed by atoms with Gasteiger partial charge in [0.2, 0.25) is 5.91 Å². The minimum atomic E-state index is -0.835. The highest BCUT2D eigenvalue weighted by Crippen LogP contribution is 2.40. The largest absolute Gasteiger partial charge is 0.495 e. The first-order valence-corrected chi connectivity index (χ1v) is 18.4. The van der Waals surface area contributed by atoms with E-state index >= 15 is 0 Å². The van der Waals surface area contributed by atoms with Gasteiger partial charge in [0, 0.05) is 55.6 Å². The molecule has 3 aromatic rings. The summed E-state index contributed by atoms with van der Waals surface area (Å²) in [7, 11) is 3.66. The first-order chi connectivity index (χ1) is 24.1. The Hall–Kier alpha value is -4.36. The zero-order valence-electron chi connectivity index (χ0n) is 30.0. The third-order valence-electron chi connectivity index (χ3n) is 11.5. The molecule has 2 heterocycles. The Morgan fingerprint density at radius 1 is 1.02 bits per heavy atom. The number of hydrogen-bond donors (Lipinski definition) is 1. The number of carbonyl (C=O) groups excluding carboxylic acids is 1. The predicted molar refractivity (Wildman–Crippen MR) is 194 cm³/mol. The molecular formula is C40H52N6O4. The number of piperazine rings is 1. The van der Waals surface area contributed by atoms with Gasteiger partial charge in [0.25, 0.3) is 0 Å². The number of benzene rings is 2. The van der Waals surface area contributed by atoms with Gasteiger partial charge < -0.3 is 24.5 Å². The number of carboxylic acid groups (broad SMARTS) is 1. The molecule has 1 unspecified atom stereocenters. The number of hydrogen-bond acceptors (Lipinski definition) is 6. The van der Waals surface area contributed by atoms with E-state index in [2.05, 4.69) is 72.3 Å². The Kier molecular flexibility index (Phi) is 11.1. The highest BCUT2D eigenvalue weighted by atomic mass is 16.5. The molecule has 2 amide bonds. The lowest BCUT2D eigenvalue weighted by molar-refractivity contribution is -0.124. The van der Waals surface area contributed by atoms with Crippen molar-refractivity contribution in [3.63, 3.8) is 0 Å². The van der Waals surface area contributed by atoms with Gasteiger partial charge in [-0.3, -0.25) is 9.48 Å². The second kappa shape index (κ2) is 15.7. The van der Waals surface area contributed by atoms with Crippen LogP contribution in [0.4, 0.5) is 10.5 Å². The molecule has 3 fully saturated rings. The van der Waals surface area contributed by atoms with Crippen molar-refractivity contribution in [2.75, 3.05) is 45.2 Å². The van der Waals surface area contributed by atoms with Crippen molar-refractivity contribution in [1.82, 2.24) is 19.6 Å². The molecule has 3 aliphatic rings. The van der Waals surface area contributed by atoms with Crippen LogP contribution in [0.15, 0.2) is 54.9 Å². The van der Waals surface area contributed by atoms with Crippen LogP contribution in [0.2, 0.25) is 0 Å². The number of methoxy groups -OCH3 is 1. The summed E-state index contributed by atoms with van der Waals surface area (Å²) in [6.07, 6.45) is 10.5. The molecular weight excluding hydrogens is 628 g/mol. The van der Waals surface area contributed by atoms with Gasteiger partial charge >= 0.3 is 6.09 Å². The van der Waals surface area contributed by atoms with Crippen molar-refractivity contribution in [3.8, 4) is 22.9 Å². The molecule has 1 N–H and O–H groups in total. The van der Waals surface area contributed by atoms with Gasteiger partial charge in [-0.1, -0.05) is 18.2 Å². The lowest BCUT2D eigenvalue weighted by Gasteiger charge is -2.44. The molecule has 10 nitrogen and oxygen atoms in total. The van der Waals surface area contributed by atoms with Gasteiger partial charge in [0.05, 0.1) is 24.9 Å². The summed E-state index contributed by atoms with van der Waals surface area (Å²) in [5.41, 5.74) is 4.76. The van der Waals surface area contributed by atoms with Crippen molar-refractivity contribution in [2.45, 2.75) is 83.2 Å². The molecule has 1 aliphatic heterocycles. The second-order valence-electron chi connectivity index (χ2n) is 15.0. The van der Waals surface area contributed by atoms with Crippen LogP contribution in [-0.2, 0) is 4.79 Å². The van der Waals surface area contributed by atoms with E-state index in [-0.39, 0.29) is 29.8 Å². The summed E-state index contributed by atoms with van der Waals surface area (Å²) in [6, 6.07) is 16.8. The van der Waals surface area contributed by atoms with E-state index < -0.39 is 6.09 Å². The van der Waals surface area contributed by atoms with E-state index in [1.54, 1.807) is 12.0 Å². The van der Waals surface area contributed by atoms with E-state index in [4.69, 9.17) is 4.74 Å². The normalized spacial score (nSPS) is 24.5. The van der Waals surface area contributed by atoms with E-state index in [1.165, 1.54) is 5.56 Å². The fourth-order valence-corrected chi connectivity index (χ4v) is 8.51. The van der Waals surface area contributed by atoms with Crippen molar-refractivity contribution in [1.29, 1.82) is 5.26 Å². The Morgan fingerprint density at radius 3 is 2.44 bits per heavy atom. The smallest absolute Gasteiger partial charge is 0.407 e. The maximum Gasteiger partial charge on any atom is 0.407 e. The highest BCUT2D eigenvalue weighted by Gasteiger charge is 2.39. The number of rotatable bonds is 9. The van der Waals surface area contributed by atoms with Crippen molar-refractivity contribution in [3.05, 3.63) is 66.0 Å². The fraction of sp³-hybridized carbons (Fsp3) is 0.550. The lowest BCUT2D eigenvalue weighted by Crippen LogP contribution is -2.57. The molecule has 2 aromatic carbocycles. The SMILES string of the molecule is COc1ccc(C2CCC(CN(C(=O)C3CCC(C4CN(C)CCN4C(=O)O)CC3)c3cccc(-c4cnn(C(C)C)c4)c3)CC2)cc1C#N. The molecule has 0 radical (unpaired) electrons. The van der Waals surface area contributed by atoms with Crippen molar-refractivity contribution >= 4 is 17.7 Å². The van der Waals surface area contributed by atoms with Crippen LogP contribution in [-0.4, -0.2) is 83.1 Å². The van der Waals surface area contributed by atoms with Gasteiger partial charge in [-0.25, -0.2) is 4.79 Å². The minimum Gasteiger partial charge on any atom is -0.495 e. The molecule has 2 saturated carbocycles. The fourth-order valence-electron chi connectivity index (χ4n) is 8.51. The Morgan fingerprint density at radius 2 is 1.78 bits per heavy atom. The Balaban J connectivity index is 1.19. The zero-order valence-corrected chi connectivity index (χ0v) is 30.0. The zero-order chi connectivity index (χ0) is 35.4. The summed E-state index contributed by atoms with van der Waals surface area (Å²) >= 11 is 0. The quantitative estimate of drug-likeness (QED) is 0.250. The summed E-state index contributed by atoms with van der Waals surface area (Å²) in [6.45, 7) is 6.94. The predicted octanol–water partition coefficient (Wildman–Crippen LogP) is 7.42. The first kappa shape index (κ1) is 35.5.